The Kier molecular flexibility index (Phi) is 2.30. The lowest BCUT2D eigenvalue weighted by molar-refractivity contribution is 0.0792. The molecule has 0 amide bonds. The average Bonchev–Trinajstić information content (AvgIpc) is 2.88. The van der Waals surface area contributed by atoms with Crippen molar-refractivity contribution < 1.29 is 4.79 Å². The number of nitrogens with zero attached hydrogens (tertiary/aromatic N) is 5. The number of fused-ring (bicyclic) bond motifs is 2. The normalized spacial score (nSPS) is 25.8. The highest BCUT2D eigenvalue weighted by Crippen LogP contribution is 2.33. The number of aliphatic imine (C=N–C) groups is 1. The molecule has 0 N–H and O–H groups in total. The van der Waals surface area contributed by atoms with Crippen LogP contribution in [0.5, 0.6) is 0 Å². The highest BCUT2D eigenvalue weighted by atomic mass is 16.2. The summed E-state index contributed by atoms with van der Waals surface area (Å²) in [6.07, 6.45) is 3.49. The van der Waals surface area contributed by atoms with Crippen molar-refractivity contribution in [2.45, 2.75) is 45.4 Å². The molecule has 3 heterocycles. The van der Waals surface area contributed by atoms with Crippen molar-refractivity contribution in [3.05, 3.63) is 11.9 Å². The molecule has 2 atom stereocenters. The van der Waals surface area contributed by atoms with E-state index in [0.717, 1.165) is 5.69 Å². The molecule has 1 aromatic rings. The molecule has 0 saturated carbocycles. The molecule has 0 aromatic carbocycles. The third-order valence-corrected chi connectivity index (χ3v) is 3.70. The van der Waals surface area contributed by atoms with Crippen molar-refractivity contribution in [3.8, 4) is 0 Å². The number of carbonyl (C=O) groups excluding carboxylic acids is 1. The lowest BCUT2D eigenvalue weighted by Gasteiger charge is -2.44. The first-order valence-electron chi connectivity index (χ1n) is 6.45. The first-order valence-corrected chi connectivity index (χ1v) is 6.45. The van der Waals surface area contributed by atoms with Crippen LogP contribution in [0.1, 0.15) is 31.3 Å². The average molecular weight is 261 g/mol. The molecule has 0 radical (unpaired) electrons. The number of anilines is 1. The molecule has 0 spiro atoms. The Morgan fingerprint density at radius 2 is 2.00 bits per heavy atom. The summed E-state index contributed by atoms with van der Waals surface area (Å²) in [6.45, 7) is 8.25. The van der Waals surface area contributed by atoms with Crippen molar-refractivity contribution in [1.29, 1.82) is 0 Å². The lowest BCUT2D eigenvalue weighted by atomic mass is 10.0. The van der Waals surface area contributed by atoms with Crippen LogP contribution in [0, 0.1) is 6.92 Å². The number of rotatable bonds is 0. The zero-order chi connectivity index (χ0) is 13.9. The van der Waals surface area contributed by atoms with Crippen LogP contribution in [0.25, 0.3) is 0 Å². The van der Waals surface area contributed by atoms with E-state index in [-0.39, 0.29) is 23.7 Å². The number of hydrogen-bond donors (Lipinski definition) is 0. The fraction of sp³-hybridized carbons (Fsp3) is 0.615. The summed E-state index contributed by atoms with van der Waals surface area (Å²) in [5.41, 5.74) is 0.766. The third-order valence-electron chi connectivity index (χ3n) is 3.70. The Labute approximate surface area is 112 Å². The summed E-state index contributed by atoms with van der Waals surface area (Å²) in [7, 11) is 1.97. The largest absolute Gasteiger partial charge is 0.335 e. The molecular formula is C13H19N5O. The summed E-state index contributed by atoms with van der Waals surface area (Å²) >= 11 is 0. The molecule has 0 fully saturated rings. The van der Waals surface area contributed by atoms with Gasteiger partial charge in [0.15, 0.2) is 6.04 Å². The summed E-state index contributed by atoms with van der Waals surface area (Å²) in [4.78, 5) is 25.5. The molecule has 2 aliphatic heterocycles. The van der Waals surface area contributed by atoms with Gasteiger partial charge in [0.1, 0.15) is 6.17 Å². The Morgan fingerprint density at radius 1 is 1.32 bits per heavy atom. The van der Waals surface area contributed by atoms with Gasteiger partial charge in [0.25, 0.3) is 5.91 Å². The quantitative estimate of drug-likeness (QED) is 0.702. The van der Waals surface area contributed by atoms with Gasteiger partial charge in [-0.3, -0.25) is 14.4 Å². The molecule has 102 valence electrons. The van der Waals surface area contributed by atoms with Gasteiger partial charge in [-0.1, -0.05) is 0 Å². The van der Waals surface area contributed by atoms with Crippen LogP contribution in [0.15, 0.2) is 11.2 Å². The predicted octanol–water partition coefficient (Wildman–Crippen LogP) is 1.12. The first-order chi connectivity index (χ1) is 8.80. The van der Waals surface area contributed by atoms with Crippen LogP contribution in [0.3, 0.4) is 0 Å². The van der Waals surface area contributed by atoms with Crippen molar-refractivity contribution in [2.75, 3.05) is 11.9 Å². The molecule has 0 aliphatic carbocycles. The third kappa shape index (κ3) is 1.59. The second-order valence-corrected chi connectivity index (χ2v) is 6.20. The van der Waals surface area contributed by atoms with E-state index in [4.69, 9.17) is 0 Å². The van der Waals surface area contributed by atoms with E-state index in [1.165, 1.54) is 0 Å². The van der Waals surface area contributed by atoms with Gasteiger partial charge in [-0.25, -0.2) is 4.98 Å². The summed E-state index contributed by atoms with van der Waals surface area (Å²) in [5, 5.41) is 0. The monoisotopic (exact) mass is 261 g/mol. The van der Waals surface area contributed by atoms with E-state index < -0.39 is 0 Å². The van der Waals surface area contributed by atoms with Crippen molar-refractivity contribution in [2.24, 2.45) is 4.99 Å². The van der Waals surface area contributed by atoms with Crippen molar-refractivity contribution in [1.82, 2.24) is 14.5 Å². The Hall–Kier alpha value is -1.85. The molecule has 3 rings (SSSR count). The van der Waals surface area contributed by atoms with Gasteiger partial charge in [0.05, 0.1) is 12.0 Å². The van der Waals surface area contributed by atoms with E-state index in [1.807, 2.05) is 18.9 Å². The molecule has 6 heteroatoms. The highest BCUT2D eigenvalue weighted by molar-refractivity contribution is 5.93. The number of aromatic nitrogens is 2. The molecule has 2 unspecified atom stereocenters. The topological polar surface area (TPSA) is 53.7 Å². The van der Waals surface area contributed by atoms with E-state index >= 15 is 0 Å². The number of hydrogen-bond acceptors (Lipinski definition) is 5. The molecular weight excluding hydrogens is 242 g/mol. The van der Waals surface area contributed by atoms with Crippen LogP contribution < -0.4 is 4.90 Å². The second-order valence-electron chi connectivity index (χ2n) is 6.20. The van der Waals surface area contributed by atoms with Gasteiger partial charge < -0.3 is 9.80 Å². The molecule has 19 heavy (non-hydrogen) atoms. The number of likely N-dealkylation sites (N-methyl/N-ethyl adjacent to an activating group) is 1. The van der Waals surface area contributed by atoms with E-state index in [2.05, 4.69) is 35.6 Å². The predicted molar refractivity (Wildman–Crippen MR) is 73.7 cm³/mol. The van der Waals surface area contributed by atoms with Crippen molar-refractivity contribution in [3.63, 3.8) is 0 Å². The van der Waals surface area contributed by atoms with Gasteiger partial charge >= 0.3 is 0 Å². The minimum Gasteiger partial charge on any atom is -0.335 e. The van der Waals surface area contributed by atoms with E-state index in [9.17, 15) is 4.79 Å². The van der Waals surface area contributed by atoms with Crippen LogP contribution >= 0.6 is 0 Å². The van der Waals surface area contributed by atoms with Crippen LogP contribution in [-0.2, 0) is 0 Å². The Bertz CT molecular complexity index is 568. The van der Waals surface area contributed by atoms with Crippen molar-refractivity contribution >= 4 is 18.2 Å². The maximum absolute atomic E-state index is 12.5. The molecule has 1 aromatic heterocycles. The second kappa shape index (κ2) is 3.59. The highest BCUT2D eigenvalue weighted by Gasteiger charge is 2.48. The van der Waals surface area contributed by atoms with Gasteiger partial charge in [-0.2, -0.15) is 0 Å². The molecule has 6 nitrogen and oxygen atoms in total. The Morgan fingerprint density at radius 3 is 2.63 bits per heavy atom. The van der Waals surface area contributed by atoms with E-state index in [1.54, 1.807) is 17.1 Å². The fourth-order valence-corrected chi connectivity index (χ4v) is 2.76. The van der Waals surface area contributed by atoms with Gasteiger partial charge in [0.2, 0.25) is 5.95 Å². The summed E-state index contributed by atoms with van der Waals surface area (Å²) < 4.78 is 1.61. The standard InChI is InChI=1S/C13H19N5O/c1-8-6-17-11(19)9-10(16(5)12(17)15-8)18(7-14-9)13(2,3)4/h6-7,9-10H,1-5H3. The minimum atomic E-state index is -0.370. The van der Waals surface area contributed by atoms with Gasteiger partial charge in [0, 0.05) is 18.8 Å². The number of imidazole rings is 1. The molecule has 0 saturated heterocycles. The summed E-state index contributed by atoms with van der Waals surface area (Å²) in [6, 6.07) is -0.370. The van der Waals surface area contributed by atoms with Crippen LogP contribution in [0.4, 0.5) is 5.95 Å². The zero-order valence-corrected chi connectivity index (χ0v) is 12.0. The maximum atomic E-state index is 12.5. The van der Waals surface area contributed by atoms with Gasteiger partial charge in [-0.05, 0) is 27.7 Å². The Balaban J connectivity index is 2.08. The minimum absolute atomic E-state index is 0.00157. The molecule has 0 bridgehead atoms. The SMILES string of the molecule is Cc1cn2c(n1)N(C)C1C(N=CN1C(C)(C)C)C2=O. The fourth-order valence-electron chi connectivity index (χ4n) is 2.76. The van der Waals surface area contributed by atoms with Crippen LogP contribution in [-0.4, -0.2) is 51.5 Å². The number of aryl methyl sites for hydroxylation is 1. The number of carbonyl (C=O) groups is 1. The zero-order valence-electron chi connectivity index (χ0n) is 12.0. The maximum Gasteiger partial charge on any atom is 0.262 e. The first kappa shape index (κ1) is 12.2. The molecule has 2 aliphatic rings. The van der Waals surface area contributed by atoms with Crippen LogP contribution in [0.2, 0.25) is 0 Å². The van der Waals surface area contributed by atoms with Gasteiger partial charge in [-0.15, -0.1) is 0 Å². The van der Waals surface area contributed by atoms with E-state index in [0.29, 0.717) is 5.95 Å². The smallest absolute Gasteiger partial charge is 0.262 e. The lowest BCUT2D eigenvalue weighted by Crippen LogP contribution is -2.60. The summed E-state index contributed by atoms with van der Waals surface area (Å²) in [5.74, 6) is 0.699.